The summed E-state index contributed by atoms with van der Waals surface area (Å²) in [5.74, 6) is 1.23. The van der Waals surface area contributed by atoms with E-state index in [0.717, 1.165) is 49.1 Å². The third-order valence-electron chi connectivity index (χ3n) is 6.33. The Balaban J connectivity index is 1.32. The molecule has 2 aliphatic rings. The molecule has 0 unspecified atom stereocenters. The van der Waals surface area contributed by atoms with Gasteiger partial charge in [0.1, 0.15) is 0 Å². The quantitative estimate of drug-likeness (QED) is 0.565. The number of nitrogens with one attached hydrogen (secondary N) is 1. The van der Waals surface area contributed by atoms with Gasteiger partial charge in [-0.15, -0.1) is 10.2 Å². The van der Waals surface area contributed by atoms with Crippen molar-refractivity contribution in [1.29, 1.82) is 0 Å². The van der Waals surface area contributed by atoms with E-state index in [2.05, 4.69) is 80.4 Å². The van der Waals surface area contributed by atoms with Crippen molar-refractivity contribution in [3.63, 3.8) is 0 Å². The average molecular weight is 448 g/mol. The molecule has 0 radical (unpaired) electrons. The predicted octanol–water partition coefficient (Wildman–Crippen LogP) is 4.46. The number of hydrogen-bond donors (Lipinski definition) is 1. The Labute approximate surface area is 193 Å². The number of nitrogens with zero attached hydrogens (tertiary/aromatic N) is 4. The lowest BCUT2D eigenvalue weighted by Gasteiger charge is -2.26. The Morgan fingerprint density at radius 2 is 1.84 bits per heavy atom. The molecular weight excluding hydrogens is 418 g/mol. The Kier molecular flexibility index (Phi) is 6.17. The molecule has 6 nitrogen and oxygen atoms in total. The van der Waals surface area contributed by atoms with Gasteiger partial charge in [-0.3, -0.25) is 9.36 Å². The zero-order valence-corrected chi connectivity index (χ0v) is 19.3. The molecule has 1 aliphatic carbocycles. The van der Waals surface area contributed by atoms with Gasteiger partial charge in [0.25, 0.3) is 0 Å². The molecule has 1 saturated heterocycles. The highest BCUT2D eigenvalue weighted by Gasteiger charge is 2.24. The van der Waals surface area contributed by atoms with Crippen molar-refractivity contribution in [2.75, 3.05) is 23.7 Å². The van der Waals surface area contributed by atoms with Crippen LogP contribution < -0.4 is 10.2 Å². The van der Waals surface area contributed by atoms with Crippen molar-refractivity contribution in [2.45, 2.75) is 50.2 Å². The van der Waals surface area contributed by atoms with Crippen LogP contribution in [0, 0.1) is 6.92 Å². The number of aryl methyl sites for hydroxylation is 2. The van der Waals surface area contributed by atoms with E-state index in [9.17, 15) is 4.79 Å². The monoisotopic (exact) mass is 447 g/mol. The maximum atomic E-state index is 12.9. The zero-order chi connectivity index (χ0) is 21.9. The van der Waals surface area contributed by atoms with Gasteiger partial charge in [-0.05, 0) is 62.3 Å². The Morgan fingerprint density at radius 1 is 1.06 bits per heavy atom. The van der Waals surface area contributed by atoms with Crippen molar-refractivity contribution in [3.8, 4) is 5.69 Å². The summed E-state index contributed by atoms with van der Waals surface area (Å²) in [5, 5.41) is 13.0. The van der Waals surface area contributed by atoms with Crippen LogP contribution in [0.1, 0.15) is 48.4 Å². The van der Waals surface area contributed by atoms with Crippen LogP contribution in [0.5, 0.6) is 0 Å². The third-order valence-corrected chi connectivity index (χ3v) is 7.26. The van der Waals surface area contributed by atoms with Gasteiger partial charge in [0.2, 0.25) is 11.9 Å². The van der Waals surface area contributed by atoms with E-state index in [0.29, 0.717) is 5.75 Å². The molecule has 166 valence electrons. The van der Waals surface area contributed by atoms with Crippen LogP contribution in [0.25, 0.3) is 5.69 Å². The van der Waals surface area contributed by atoms with Gasteiger partial charge in [-0.1, -0.05) is 53.7 Å². The van der Waals surface area contributed by atoms with Gasteiger partial charge < -0.3 is 10.2 Å². The summed E-state index contributed by atoms with van der Waals surface area (Å²) in [7, 11) is 0. The van der Waals surface area contributed by atoms with E-state index in [4.69, 9.17) is 0 Å². The molecule has 2 heterocycles. The van der Waals surface area contributed by atoms with Crippen molar-refractivity contribution < 1.29 is 4.79 Å². The van der Waals surface area contributed by atoms with Crippen molar-refractivity contribution >= 4 is 23.6 Å². The Hall–Kier alpha value is -2.80. The maximum absolute atomic E-state index is 12.9. The first-order chi connectivity index (χ1) is 15.7. The fourth-order valence-corrected chi connectivity index (χ4v) is 5.43. The second-order valence-electron chi connectivity index (χ2n) is 8.65. The highest BCUT2D eigenvalue weighted by Crippen LogP contribution is 2.31. The molecule has 3 aromatic rings. The van der Waals surface area contributed by atoms with E-state index >= 15 is 0 Å². The Morgan fingerprint density at radius 3 is 2.66 bits per heavy atom. The van der Waals surface area contributed by atoms with Crippen LogP contribution >= 0.6 is 11.8 Å². The van der Waals surface area contributed by atoms with Gasteiger partial charge in [0.15, 0.2) is 5.16 Å². The van der Waals surface area contributed by atoms with Crippen LogP contribution in [0.4, 0.5) is 5.95 Å². The lowest BCUT2D eigenvalue weighted by atomic mass is 9.88. The minimum absolute atomic E-state index is 0.0397. The molecule has 1 amide bonds. The smallest absolute Gasteiger partial charge is 0.232 e. The second kappa shape index (κ2) is 9.36. The number of aromatic nitrogens is 3. The average Bonchev–Trinajstić information content (AvgIpc) is 3.48. The first-order valence-electron chi connectivity index (χ1n) is 11.5. The zero-order valence-electron chi connectivity index (χ0n) is 18.5. The number of carbonyl (C=O) groups excluding carboxylic acids is 1. The molecular formula is C25H29N5OS. The molecule has 1 aliphatic heterocycles. The molecule has 2 aromatic carbocycles. The minimum Gasteiger partial charge on any atom is -0.349 e. The van der Waals surface area contributed by atoms with Crippen LogP contribution in [0.15, 0.2) is 53.7 Å². The third kappa shape index (κ3) is 4.39. The highest BCUT2D eigenvalue weighted by atomic mass is 32.2. The molecule has 5 rings (SSSR count). The summed E-state index contributed by atoms with van der Waals surface area (Å²) in [5.41, 5.74) is 4.86. The largest absolute Gasteiger partial charge is 0.349 e. The van der Waals surface area contributed by atoms with E-state index in [1.54, 1.807) is 0 Å². The summed E-state index contributed by atoms with van der Waals surface area (Å²) in [4.78, 5) is 15.1. The first kappa shape index (κ1) is 21.1. The van der Waals surface area contributed by atoms with Crippen molar-refractivity contribution in [2.24, 2.45) is 0 Å². The molecule has 7 heteroatoms. The SMILES string of the molecule is Cc1ccc(-n2c(SCC(=O)N[C@@H]3CCCc4ccccc43)nnc2N2CCCC2)cc1. The van der Waals surface area contributed by atoms with E-state index < -0.39 is 0 Å². The molecule has 1 aromatic heterocycles. The van der Waals surface area contributed by atoms with Gasteiger partial charge >= 0.3 is 0 Å². The van der Waals surface area contributed by atoms with Gasteiger partial charge in [0, 0.05) is 13.1 Å². The number of rotatable bonds is 6. The number of fused-ring (bicyclic) bond motifs is 1. The lowest BCUT2D eigenvalue weighted by molar-refractivity contribution is -0.119. The summed E-state index contributed by atoms with van der Waals surface area (Å²) >= 11 is 1.45. The highest BCUT2D eigenvalue weighted by molar-refractivity contribution is 7.99. The predicted molar refractivity (Wildman–Crippen MR) is 129 cm³/mol. The van der Waals surface area contributed by atoms with E-state index in [1.165, 1.54) is 41.3 Å². The van der Waals surface area contributed by atoms with Crippen LogP contribution in [-0.4, -0.2) is 39.5 Å². The molecule has 0 saturated carbocycles. The summed E-state index contributed by atoms with van der Waals surface area (Å²) in [6, 6.07) is 17.0. The number of hydrogen-bond acceptors (Lipinski definition) is 5. The molecule has 32 heavy (non-hydrogen) atoms. The lowest BCUT2D eigenvalue weighted by Crippen LogP contribution is -2.32. The second-order valence-corrected chi connectivity index (χ2v) is 9.59. The number of amides is 1. The molecule has 1 N–H and O–H groups in total. The number of carbonyl (C=O) groups is 1. The number of benzene rings is 2. The summed E-state index contributed by atoms with van der Waals surface area (Å²) in [6.07, 6.45) is 5.54. The fourth-order valence-electron chi connectivity index (χ4n) is 4.67. The van der Waals surface area contributed by atoms with Crippen LogP contribution in [0.3, 0.4) is 0 Å². The summed E-state index contributed by atoms with van der Waals surface area (Å²) in [6.45, 7) is 4.08. The number of anilines is 1. The van der Waals surface area contributed by atoms with E-state index in [1.807, 2.05) is 0 Å². The molecule has 0 bridgehead atoms. The Bertz CT molecular complexity index is 1090. The van der Waals surface area contributed by atoms with Crippen LogP contribution in [0.2, 0.25) is 0 Å². The standard InChI is InChI=1S/C25H29N5OS/c1-18-11-13-20(14-12-18)30-24(29-15-4-5-16-29)27-28-25(30)32-17-23(31)26-22-10-6-8-19-7-2-3-9-21(19)22/h2-3,7,9,11-14,22H,4-6,8,10,15-17H2,1H3,(H,26,31)/t22-/m1/s1. The van der Waals surface area contributed by atoms with Crippen molar-refractivity contribution in [3.05, 3.63) is 65.2 Å². The van der Waals surface area contributed by atoms with Crippen LogP contribution in [-0.2, 0) is 11.2 Å². The van der Waals surface area contributed by atoms with Gasteiger partial charge in [0.05, 0.1) is 17.5 Å². The van der Waals surface area contributed by atoms with Crippen molar-refractivity contribution in [1.82, 2.24) is 20.1 Å². The molecule has 1 atom stereocenters. The fraction of sp³-hybridized carbons (Fsp3) is 0.400. The van der Waals surface area contributed by atoms with Gasteiger partial charge in [-0.2, -0.15) is 0 Å². The van der Waals surface area contributed by atoms with E-state index in [-0.39, 0.29) is 11.9 Å². The normalized spacial score (nSPS) is 17.9. The number of thioether (sulfide) groups is 1. The first-order valence-corrected chi connectivity index (χ1v) is 12.4. The minimum atomic E-state index is 0.0397. The topological polar surface area (TPSA) is 63.1 Å². The summed E-state index contributed by atoms with van der Waals surface area (Å²) < 4.78 is 2.10. The maximum Gasteiger partial charge on any atom is 0.232 e. The molecule has 0 spiro atoms. The van der Waals surface area contributed by atoms with Gasteiger partial charge in [-0.25, -0.2) is 0 Å². The molecule has 1 fully saturated rings.